The van der Waals surface area contributed by atoms with Gasteiger partial charge >= 0.3 is 5.97 Å². The number of hydrogen-bond donors (Lipinski definition) is 2. The van der Waals surface area contributed by atoms with Gasteiger partial charge in [-0.3, -0.25) is 4.79 Å². The number of carbonyl (C=O) groups is 1. The van der Waals surface area contributed by atoms with Gasteiger partial charge in [-0.25, -0.2) is 9.97 Å². The van der Waals surface area contributed by atoms with Crippen molar-refractivity contribution in [1.82, 2.24) is 9.97 Å². The molecule has 0 aliphatic carbocycles. The Morgan fingerprint density at radius 1 is 1.47 bits per heavy atom. The normalized spacial score (nSPS) is 12.5. The van der Waals surface area contributed by atoms with Crippen molar-refractivity contribution in [2.45, 2.75) is 33.2 Å². The number of halogens is 1. The Balaban J connectivity index is 2.90. The number of nitrogens with one attached hydrogen (secondary N) is 1. The third-order valence-electron chi connectivity index (χ3n) is 2.19. The lowest BCUT2D eigenvalue weighted by molar-refractivity contribution is -0.137. The van der Waals surface area contributed by atoms with Gasteiger partial charge in [0, 0.05) is 0 Å². The fourth-order valence-electron chi connectivity index (χ4n) is 1.30. The lowest BCUT2D eigenvalue weighted by Crippen LogP contribution is -2.26. The third-order valence-corrected chi connectivity index (χ3v) is 3.32. The van der Waals surface area contributed by atoms with Crippen molar-refractivity contribution in [2.24, 2.45) is 5.92 Å². The second-order valence-electron chi connectivity index (χ2n) is 4.29. The van der Waals surface area contributed by atoms with E-state index in [0.717, 1.165) is 15.7 Å². The first-order valence-corrected chi connectivity index (χ1v) is 6.48. The molecular weight excluding hydrogens is 333 g/mol. The van der Waals surface area contributed by atoms with Crippen molar-refractivity contribution >= 4 is 34.4 Å². The zero-order valence-corrected chi connectivity index (χ0v) is 12.2. The van der Waals surface area contributed by atoms with Crippen LogP contribution in [-0.2, 0) is 11.2 Å². The Morgan fingerprint density at radius 3 is 2.65 bits per heavy atom. The SMILES string of the molecule is CC(C)Cc1ncnc(N[C@H](C)C(=O)O)c1I. The van der Waals surface area contributed by atoms with Crippen LogP contribution in [-0.4, -0.2) is 27.1 Å². The smallest absolute Gasteiger partial charge is 0.325 e. The second kappa shape index (κ2) is 6.13. The van der Waals surface area contributed by atoms with Gasteiger partial charge in [0.2, 0.25) is 0 Å². The third kappa shape index (κ3) is 4.10. The molecule has 0 aromatic carbocycles. The highest BCUT2D eigenvalue weighted by Crippen LogP contribution is 2.20. The molecule has 0 amide bonds. The molecule has 0 fully saturated rings. The van der Waals surface area contributed by atoms with E-state index in [0.29, 0.717) is 11.7 Å². The molecule has 2 N–H and O–H groups in total. The van der Waals surface area contributed by atoms with Crippen LogP contribution in [0.5, 0.6) is 0 Å². The Labute approximate surface area is 114 Å². The summed E-state index contributed by atoms with van der Waals surface area (Å²) in [6.45, 7) is 5.82. The minimum atomic E-state index is -0.898. The summed E-state index contributed by atoms with van der Waals surface area (Å²) in [5, 5.41) is 11.7. The molecule has 0 saturated heterocycles. The van der Waals surface area contributed by atoms with Gasteiger partial charge in [0.15, 0.2) is 0 Å². The van der Waals surface area contributed by atoms with E-state index in [1.54, 1.807) is 6.92 Å². The van der Waals surface area contributed by atoms with Crippen LogP contribution in [0.1, 0.15) is 26.5 Å². The lowest BCUT2D eigenvalue weighted by Gasteiger charge is -2.13. The number of rotatable bonds is 5. The van der Waals surface area contributed by atoms with Crippen molar-refractivity contribution in [2.75, 3.05) is 5.32 Å². The van der Waals surface area contributed by atoms with Gasteiger partial charge < -0.3 is 10.4 Å². The average molecular weight is 349 g/mol. The highest BCUT2D eigenvalue weighted by molar-refractivity contribution is 14.1. The van der Waals surface area contributed by atoms with Crippen molar-refractivity contribution < 1.29 is 9.90 Å². The van der Waals surface area contributed by atoms with Crippen LogP contribution in [0.2, 0.25) is 0 Å². The van der Waals surface area contributed by atoms with E-state index < -0.39 is 12.0 Å². The van der Waals surface area contributed by atoms with Gasteiger partial charge in [-0.1, -0.05) is 13.8 Å². The molecule has 0 aliphatic rings. The van der Waals surface area contributed by atoms with E-state index in [2.05, 4.69) is 51.7 Å². The maximum Gasteiger partial charge on any atom is 0.325 e. The van der Waals surface area contributed by atoms with Gasteiger partial charge in [0.1, 0.15) is 18.2 Å². The Morgan fingerprint density at radius 2 is 2.12 bits per heavy atom. The van der Waals surface area contributed by atoms with Crippen LogP contribution in [0.25, 0.3) is 0 Å². The van der Waals surface area contributed by atoms with Gasteiger partial charge in [-0.05, 0) is 41.9 Å². The summed E-state index contributed by atoms with van der Waals surface area (Å²) in [6, 6.07) is -0.662. The molecule has 94 valence electrons. The van der Waals surface area contributed by atoms with Crippen LogP contribution in [0.3, 0.4) is 0 Å². The zero-order valence-electron chi connectivity index (χ0n) is 10.1. The summed E-state index contributed by atoms with van der Waals surface area (Å²) in [5.41, 5.74) is 0.954. The van der Waals surface area contributed by atoms with E-state index >= 15 is 0 Å². The van der Waals surface area contributed by atoms with E-state index in [4.69, 9.17) is 5.11 Å². The molecular formula is C11H16IN3O2. The number of carboxylic acid groups (broad SMARTS) is 1. The molecule has 1 atom stereocenters. The van der Waals surface area contributed by atoms with E-state index in [-0.39, 0.29) is 0 Å². The van der Waals surface area contributed by atoms with Gasteiger partial charge in [-0.2, -0.15) is 0 Å². The van der Waals surface area contributed by atoms with Crippen molar-refractivity contribution in [3.63, 3.8) is 0 Å². The first-order chi connectivity index (χ1) is 7.91. The number of carboxylic acids is 1. The minimum absolute atomic E-state index is 0.503. The summed E-state index contributed by atoms with van der Waals surface area (Å²) in [4.78, 5) is 19.1. The molecule has 17 heavy (non-hydrogen) atoms. The fraction of sp³-hybridized carbons (Fsp3) is 0.545. The molecule has 1 heterocycles. The maximum absolute atomic E-state index is 10.8. The van der Waals surface area contributed by atoms with Gasteiger partial charge in [-0.15, -0.1) is 0 Å². The van der Waals surface area contributed by atoms with E-state index in [9.17, 15) is 4.79 Å². The molecule has 1 aromatic heterocycles. The molecule has 0 aliphatic heterocycles. The summed E-state index contributed by atoms with van der Waals surface area (Å²) >= 11 is 2.15. The topological polar surface area (TPSA) is 75.1 Å². The highest BCUT2D eigenvalue weighted by atomic mass is 127. The number of nitrogens with zero attached hydrogens (tertiary/aromatic N) is 2. The van der Waals surface area contributed by atoms with Crippen molar-refractivity contribution in [1.29, 1.82) is 0 Å². The number of aliphatic carboxylic acids is 1. The predicted octanol–water partition coefficient (Wildman–Crippen LogP) is 2.16. The quantitative estimate of drug-likeness (QED) is 0.797. The van der Waals surface area contributed by atoms with Crippen LogP contribution < -0.4 is 5.32 Å². The van der Waals surface area contributed by atoms with Crippen LogP contribution in [0, 0.1) is 9.49 Å². The molecule has 6 heteroatoms. The number of anilines is 1. The van der Waals surface area contributed by atoms with E-state index in [1.807, 2.05) is 0 Å². The highest BCUT2D eigenvalue weighted by Gasteiger charge is 2.15. The molecule has 0 unspecified atom stereocenters. The van der Waals surface area contributed by atoms with Gasteiger partial charge in [0.05, 0.1) is 9.26 Å². The summed E-state index contributed by atoms with van der Waals surface area (Å²) in [7, 11) is 0. The molecule has 5 nitrogen and oxygen atoms in total. The molecule has 0 bridgehead atoms. The Hall–Kier alpha value is -0.920. The summed E-state index contributed by atoms with van der Waals surface area (Å²) in [5.74, 6) is 0.194. The van der Waals surface area contributed by atoms with Gasteiger partial charge in [0.25, 0.3) is 0 Å². The standard InChI is InChI=1S/C11H16IN3O2/c1-6(2)4-8-9(12)10(14-5-13-8)15-7(3)11(16)17/h5-7H,4H2,1-3H3,(H,16,17)(H,13,14,15)/t7-/m1/s1. The van der Waals surface area contributed by atoms with E-state index in [1.165, 1.54) is 6.33 Å². The summed E-state index contributed by atoms with van der Waals surface area (Å²) < 4.78 is 0.895. The second-order valence-corrected chi connectivity index (χ2v) is 5.36. The van der Waals surface area contributed by atoms with Crippen LogP contribution >= 0.6 is 22.6 Å². The average Bonchev–Trinajstić information content (AvgIpc) is 2.23. The Bertz CT molecular complexity index is 410. The zero-order chi connectivity index (χ0) is 13.0. The molecule has 0 spiro atoms. The maximum atomic E-state index is 10.8. The summed E-state index contributed by atoms with van der Waals surface area (Å²) in [6.07, 6.45) is 2.33. The number of aromatic nitrogens is 2. The molecule has 0 radical (unpaired) electrons. The first-order valence-electron chi connectivity index (χ1n) is 5.40. The Kier molecular flexibility index (Phi) is 5.10. The predicted molar refractivity (Wildman–Crippen MR) is 74.0 cm³/mol. The lowest BCUT2D eigenvalue weighted by atomic mass is 10.1. The van der Waals surface area contributed by atoms with Crippen LogP contribution in [0.4, 0.5) is 5.82 Å². The first kappa shape index (κ1) is 14.1. The molecule has 1 aromatic rings. The van der Waals surface area contributed by atoms with Crippen molar-refractivity contribution in [3.8, 4) is 0 Å². The monoisotopic (exact) mass is 349 g/mol. The van der Waals surface area contributed by atoms with Crippen LogP contribution in [0.15, 0.2) is 6.33 Å². The molecule has 0 saturated carbocycles. The van der Waals surface area contributed by atoms with Crippen molar-refractivity contribution in [3.05, 3.63) is 15.6 Å². The molecule has 1 rings (SSSR count). The minimum Gasteiger partial charge on any atom is -0.480 e. The largest absolute Gasteiger partial charge is 0.480 e. The number of hydrogen-bond acceptors (Lipinski definition) is 4. The fourth-order valence-corrected chi connectivity index (χ4v) is 1.96.